The van der Waals surface area contributed by atoms with Gasteiger partial charge in [-0.1, -0.05) is 292 Å². The molecule has 0 N–H and O–H groups in total. The first-order valence-corrected chi connectivity index (χ1v) is 35.8. The summed E-state index contributed by atoms with van der Waals surface area (Å²) in [6.07, 6.45) is 85.1. The molecule has 82 heavy (non-hydrogen) atoms. The first-order chi connectivity index (χ1) is 40.0. The van der Waals surface area contributed by atoms with Crippen molar-refractivity contribution in [3.63, 3.8) is 0 Å². The van der Waals surface area contributed by atoms with Crippen molar-refractivity contribution in [3.05, 3.63) is 85.1 Å². The predicted molar refractivity (Wildman–Crippen MR) is 351 cm³/mol. The Kier molecular flexibility index (Phi) is 60.6. The van der Waals surface area contributed by atoms with Crippen LogP contribution < -0.4 is 4.89 Å². The zero-order valence-corrected chi connectivity index (χ0v) is 55.1. The molecule has 0 bridgehead atoms. The molecule has 0 aliphatic heterocycles. The third-order valence-electron chi connectivity index (χ3n) is 14.9. The van der Waals surface area contributed by atoms with Gasteiger partial charge in [0.05, 0.1) is 27.7 Å². The Morgan fingerprint density at radius 1 is 0.390 bits per heavy atom. The molecule has 0 amide bonds. The number of carbonyl (C=O) groups excluding carboxylic acids is 2. The summed E-state index contributed by atoms with van der Waals surface area (Å²) in [5, 5.41) is 0. The quantitative estimate of drug-likeness (QED) is 0.0195. The average molecular weight is 1170 g/mol. The Bertz CT molecular complexity index is 1660. The number of phosphoric acid groups is 1. The van der Waals surface area contributed by atoms with Crippen LogP contribution in [0.5, 0.6) is 0 Å². The van der Waals surface area contributed by atoms with Crippen molar-refractivity contribution >= 4 is 19.8 Å². The fraction of sp³-hybridized carbons (Fsp3) is 0.778. The lowest BCUT2D eigenvalue weighted by atomic mass is 10.0. The molecular formula is C72H130NO8P. The molecule has 0 aromatic carbocycles. The topological polar surface area (TPSA) is 111 Å². The zero-order valence-electron chi connectivity index (χ0n) is 54.2. The highest BCUT2D eigenvalue weighted by Gasteiger charge is 2.22. The SMILES string of the molecule is CC/C=C\C/C=C\C/C=C\C/C=C\CCCCCCCCCCCCCCCCCCCCCCC(=O)OC(COC(=O)CCCCCCCCCCCC/C=C\C/C=C\C/C=C\CCCCCCC)COP(=O)([O-])OCC[N+](C)(C)C. The van der Waals surface area contributed by atoms with E-state index >= 15 is 0 Å². The third-order valence-corrected chi connectivity index (χ3v) is 15.9. The lowest BCUT2D eigenvalue weighted by Gasteiger charge is -2.28. The largest absolute Gasteiger partial charge is 0.756 e. The number of ether oxygens (including phenoxy) is 2. The number of likely N-dealkylation sites (N-methyl/N-ethyl adjacent to an activating group) is 1. The van der Waals surface area contributed by atoms with E-state index in [1.165, 1.54) is 199 Å². The Morgan fingerprint density at radius 3 is 1.04 bits per heavy atom. The Balaban J connectivity index is 4.04. The van der Waals surface area contributed by atoms with E-state index in [-0.39, 0.29) is 32.0 Å². The summed E-state index contributed by atoms with van der Waals surface area (Å²) < 4.78 is 34.3. The first-order valence-electron chi connectivity index (χ1n) is 34.3. The van der Waals surface area contributed by atoms with Crippen molar-refractivity contribution in [2.24, 2.45) is 0 Å². The Labute approximate surface area is 507 Å². The summed E-state index contributed by atoms with van der Waals surface area (Å²) in [7, 11) is 1.17. The van der Waals surface area contributed by atoms with Gasteiger partial charge in [0.1, 0.15) is 19.8 Å². The number of rotatable bonds is 63. The van der Waals surface area contributed by atoms with Gasteiger partial charge in [0.2, 0.25) is 0 Å². The monoisotopic (exact) mass is 1170 g/mol. The number of hydrogen-bond acceptors (Lipinski definition) is 8. The molecular weight excluding hydrogens is 1040 g/mol. The molecule has 0 saturated carbocycles. The smallest absolute Gasteiger partial charge is 0.306 e. The Morgan fingerprint density at radius 2 is 0.695 bits per heavy atom. The van der Waals surface area contributed by atoms with Crippen LogP contribution >= 0.6 is 7.82 Å². The fourth-order valence-electron chi connectivity index (χ4n) is 9.66. The molecule has 2 unspecified atom stereocenters. The predicted octanol–water partition coefficient (Wildman–Crippen LogP) is 21.5. The van der Waals surface area contributed by atoms with Crippen LogP contribution in [0.4, 0.5) is 0 Å². The van der Waals surface area contributed by atoms with Gasteiger partial charge in [0.25, 0.3) is 7.82 Å². The van der Waals surface area contributed by atoms with Gasteiger partial charge in [-0.2, -0.15) is 0 Å². The molecule has 0 aromatic heterocycles. The van der Waals surface area contributed by atoms with Crippen molar-refractivity contribution in [1.29, 1.82) is 0 Å². The van der Waals surface area contributed by atoms with Crippen LogP contribution in [0.3, 0.4) is 0 Å². The number of hydrogen-bond donors (Lipinski definition) is 0. The molecule has 9 nitrogen and oxygen atoms in total. The van der Waals surface area contributed by atoms with Gasteiger partial charge in [0.15, 0.2) is 6.10 Å². The Hall–Kier alpha value is -2.81. The molecule has 0 spiro atoms. The van der Waals surface area contributed by atoms with Crippen LogP contribution in [-0.4, -0.2) is 70.0 Å². The molecule has 0 saturated heterocycles. The second kappa shape index (κ2) is 62.7. The van der Waals surface area contributed by atoms with Gasteiger partial charge in [-0.3, -0.25) is 14.2 Å². The minimum absolute atomic E-state index is 0.0327. The van der Waals surface area contributed by atoms with E-state index in [0.29, 0.717) is 17.4 Å². The van der Waals surface area contributed by atoms with Crippen LogP contribution in [-0.2, 0) is 32.7 Å². The van der Waals surface area contributed by atoms with Crippen molar-refractivity contribution in [2.45, 2.75) is 315 Å². The van der Waals surface area contributed by atoms with Crippen molar-refractivity contribution in [1.82, 2.24) is 0 Å². The number of allylic oxidation sites excluding steroid dienone is 14. The maximum Gasteiger partial charge on any atom is 0.306 e. The van der Waals surface area contributed by atoms with E-state index in [2.05, 4.69) is 98.9 Å². The van der Waals surface area contributed by atoms with Gasteiger partial charge in [-0.15, -0.1) is 0 Å². The van der Waals surface area contributed by atoms with Crippen molar-refractivity contribution < 1.29 is 42.1 Å². The molecule has 0 radical (unpaired) electrons. The number of nitrogens with zero attached hydrogens (tertiary/aromatic N) is 1. The summed E-state index contributed by atoms with van der Waals surface area (Å²) in [4.78, 5) is 38.0. The lowest BCUT2D eigenvalue weighted by Crippen LogP contribution is -2.37. The van der Waals surface area contributed by atoms with E-state index in [9.17, 15) is 19.0 Å². The molecule has 0 aromatic rings. The minimum atomic E-state index is -4.64. The number of esters is 2. The number of carbonyl (C=O) groups is 2. The lowest BCUT2D eigenvalue weighted by molar-refractivity contribution is -0.870. The van der Waals surface area contributed by atoms with Crippen LogP contribution in [0.15, 0.2) is 85.1 Å². The molecule has 0 aliphatic carbocycles. The zero-order chi connectivity index (χ0) is 59.8. The van der Waals surface area contributed by atoms with E-state index < -0.39 is 26.5 Å². The van der Waals surface area contributed by atoms with E-state index in [1.54, 1.807) is 0 Å². The van der Waals surface area contributed by atoms with Crippen LogP contribution in [0.2, 0.25) is 0 Å². The molecule has 2 atom stereocenters. The highest BCUT2D eigenvalue weighted by Crippen LogP contribution is 2.38. The standard InChI is InChI=1S/C72H130NO8P/c1-6-8-10-12-14-16-18-20-22-24-26-28-30-32-33-34-35-36-37-38-39-41-43-45-47-49-51-53-55-57-59-61-63-65-72(75)81-70(69-80-82(76,77)79-67-66-73(3,4)5)68-78-71(74)64-62-60-58-56-54-52-50-48-46-44-42-40-31-29-27-25-23-21-19-17-15-13-11-9-7-2/h8,10,14,16,19-22,25-28,31,40,70H,6-7,9,11-13,15,17-18,23-24,29-30,32-39,41-69H2,1-5H3/b10-8-,16-14-,21-19-,22-20-,27-25-,28-26-,40-31-. The summed E-state index contributed by atoms with van der Waals surface area (Å²) >= 11 is 0. The highest BCUT2D eigenvalue weighted by atomic mass is 31.2. The van der Waals surface area contributed by atoms with Crippen LogP contribution in [0, 0.1) is 0 Å². The highest BCUT2D eigenvalue weighted by molar-refractivity contribution is 7.45. The van der Waals surface area contributed by atoms with E-state index in [4.69, 9.17) is 18.5 Å². The minimum Gasteiger partial charge on any atom is -0.756 e. The van der Waals surface area contributed by atoms with Gasteiger partial charge < -0.3 is 27.9 Å². The van der Waals surface area contributed by atoms with Gasteiger partial charge in [-0.05, 0) is 89.9 Å². The number of unbranched alkanes of at least 4 members (excludes halogenated alkanes) is 35. The second-order valence-electron chi connectivity index (χ2n) is 24.2. The van der Waals surface area contributed by atoms with Gasteiger partial charge >= 0.3 is 11.9 Å². The molecule has 0 aliphatic rings. The number of quaternary nitrogens is 1. The number of phosphoric ester groups is 1. The van der Waals surface area contributed by atoms with E-state index in [1.807, 2.05) is 21.1 Å². The van der Waals surface area contributed by atoms with Crippen LogP contribution in [0.1, 0.15) is 309 Å². The third kappa shape index (κ3) is 66.3. The second-order valence-corrected chi connectivity index (χ2v) is 25.6. The summed E-state index contributed by atoms with van der Waals surface area (Å²) in [5.41, 5.74) is 0. The van der Waals surface area contributed by atoms with Crippen LogP contribution in [0.25, 0.3) is 0 Å². The normalized spacial score (nSPS) is 13.7. The average Bonchev–Trinajstić information content (AvgIpc) is 3.46. The molecule has 0 fully saturated rings. The maximum absolute atomic E-state index is 12.9. The first kappa shape index (κ1) is 79.2. The van der Waals surface area contributed by atoms with Crippen molar-refractivity contribution in [2.75, 3.05) is 47.5 Å². The van der Waals surface area contributed by atoms with E-state index in [0.717, 1.165) is 77.0 Å². The molecule has 476 valence electrons. The summed E-state index contributed by atoms with van der Waals surface area (Å²) in [6, 6.07) is 0. The molecule has 0 rings (SSSR count). The van der Waals surface area contributed by atoms with Crippen molar-refractivity contribution in [3.8, 4) is 0 Å². The maximum atomic E-state index is 12.9. The van der Waals surface area contributed by atoms with Gasteiger partial charge in [-0.25, -0.2) is 0 Å². The summed E-state index contributed by atoms with van der Waals surface area (Å²) in [5.74, 6) is -0.828. The molecule has 0 heterocycles. The van der Waals surface area contributed by atoms with Gasteiger partial charge in [0, 0.05) is 12.8 Å². The fourth-order valence-corrected chi connectivity index (χ4v) is 10.4. The molecule has 10 heteroatoms. The summed E-state index contributed by atoms with van der Waals surface area (Å²) in [6.45, 7) is 4.15.